The molecule has 0 aliphatic carbocycles. The van der Waals surface area contributed by atoms with E-state index < -0.39 is 0 Å². The Hall–Kier alpha value is -5.74. The van der Waals surface area contributed by atoms with Gasteiger partial charge in [-0.25, -0.2) is 19.9 Å². The topological polar surface area (TPSA) is 51.6 Å². The number of benzene rings is 4. The van der Waals surface area contributed by atoms with Crippen LogP contribution in [-0.2, 0) is 0 Å². The zero-order valence-corrected chi connectivity index (χ0v) is 24.5. The first-order chi connectivity index (χ1) is 21.6. The van der Waals surface area contributed by atoms with E-state index in [1.54, 1.807) is 12.4 Å². The Labute approximate surface area is 255 Å². The van der Waals surface area contributed by atoms with Crippen molar-refractivity contribution in [2.24, 2.45) is 0 Å². The van der Waals surface area contributed by atoms with Gasteiger partial charge in [-0.3, -0.25) is 0 Å². The molecule has 4 heterocycles. The van der Waals surface area contributed by atoms with Crippen LogP contribution in [0.5, 0.6) is 0 Å². The molecular formula is C40H28N4. The van der Waals surface area contributed by atoms with E-state index >= 15 is 0 Å². The highest BCUT2D eigenvalue weighted by atomic mass is 14.8. The van der Waals surface area contributed by atoms with Crippen molar-refractivity contribution in [1.82, 2.24) is 19.9 Å². The van der Waals surface area contributed by atoms with Crippen LogP contribution in [0.15, 0.2) is 134 Å². The maximum Gasteiger partial charge on any atom is 0.160 e. The lowest BCUT2D eigenvalue weighted by molar-refractivity contribution is 1.27. The first-order valence-corrected chi connectivity index (χ1v) is 14.8. The van der Waals surface area contributed by atoms with E-state index in [4.69, 9.17) is 9.97 Å². The van der Waals surface area contributed by atoms with Crippen molar-refractivity contribution in [2.75, 3.05) is 0 Å². The van der Waals surface area contributed by atoms with E-state index in [1.807, 2.05) is 12.1 Å². The SMILES string of the molecule is Cc1cc(-c2ccc(-c3ccc4ccc(-c5ccc(-c6cc(C)c7cccnc7n6)cc5)cc4c3)cc2)nc2ncccc12. The van der Waals surface area contributed by atoms with Gasteiger partial charge in [0.25, 0.3) is 0 Å². The summed E-state index contributed by atoms with van der Waals surface area (Å²) in [7, 11) is 0. The average Bonchev–Trinajstić information content (AvgIpc) is 3.08. The minimum Gasteiger partial charge on any atom is -0.237 e. The monoisotopic (exact) mass is 564 g/mol. The van der Waals surface area contributed by atoms with Crippen molar-refractivity contribution < 1.29 is 0 Å². The van der Waals surface area contributed by atoms with E-state index in [1.165, 1.54) is 44.2 Å². The van der Waals surface area contributed by atoms with Crippen LogP contribution in [0, 0.1) is 13.8 Å². The molecule has 0 fully saturated rings. The van der Waals surface area contributed by atoms with Gasteiger partial charge in [0.15, 0.2) is 11.3 Å². The number of hydrogen-bond donors (Lipinski definition) is 0. The molecule has 8 aromatic rings. The number of fused-ring (bicyclic) bond motifs is 3. The summed E-state index contributed by atoms with van der Waals surface area (Å²) in [6.07, 6.45) is 3.59. The molecular weight excluding hydrogens is 536 g/mol. The normalized spacial score (nSPS) is 11.4. The van der Waals surface area contributed by atoms with Crippen molar-refractivity contribution in [2.45, 2.75) is 13.8 Å². The van der Waals surface area contributed by atoms with Crippen LogP contribution in [-0.4, -0.2) is 19.9 Å². The first kappa shape index (κ1) is 25.9. The van der Waals surface area contributed by atoms with Crippen molar-refractivity contribution in [3.63, 3.8) is 0 Å². The Morgan fingerprint density at radius 3 is 1.25 bits per heavy atom. The maximum absolute atomic E-state index is 4.81. The molecule has 0 atom stereocenters. The maximum atomic E-state index is 4.81. The van der Waals surface area contributed by atoms with Crippen LogP contribution in [0.2, 0.25) is 0 Å². The van der Waals surface area contributed by atoms with E-state index in [9.17, 15) is 0 Å². The third-order valence-corrected chi connectivity index (χ3v) is 8.45. The minimum absolute atomic E-state index is 0.782. The lowest BCUT2D eigenvalue weighted by Crippen LogP contribution is -1.91. The van der Waals surface area contributed by atoms with E-state index in [2.05, 4.69) is 133 Å². The fourth-order valence-electron chi connectivity index (χ4n) is 6.01. The molecule has 8 rings (SSSR count). The van der Waals surface area contributed by atoms with Crippen LogP contribution in [0.3, 0.4) is 0 Å². The molecule has 0 saturated carbocycles. The smallest absolute Gasteiger partial charge is 0.160 e. The van der Waals surface area contributed by atoms with Crippen LogP contribution in [0.4, 0.5) is 0 Å². The van der Waals surface area contributed by atoms with Gasteiger partial charge in [0.05, 0.1) is 11.4 Å². The Kier molecular flexibility index (Phi) is 6.20. The predicted octanol–water partition coefficient (Wildman–Crippen LogP) is 10.0. The highest BCUT2D eigenvalue weighted by Gasteiger charge is 2.09. The number of hydrogen-bond acceptors (Lipinski definition) is 4. The third kappa shape index (κ3) is 4.67. The molecule has 0 amide bonds. The zero-order chi connectivity index (χ0) is 29.6. The van der Waals surface area contributed by atoms with Gasteiger partial charge in [0, 0.05) is 34.3 Å². The fraction of sp³-hybridized carbons (Fsp3) is 0.0500. The summed E-state index contributed by atoms with van der Waals surface area (Å²) in [5.41, 5.74) is 12.7. The van der Waals surface area contributed by atoms with E-state index in [0.29, 0.717) is 0 Å². The molecule has 0 radical (unpaired) electrons. The van der Waals surface area contributed by atoms with Crippen molar-refractivity contribution in [3.8, 4) is 44.8 Å². The second-order valence-corrected chi connectivity index (χ2v) is 11.3. The molecule has 0 bridgehead atoms. The Morgan fingerprint density at radius 2 is 0.795 bits per heavy atom. The molecule has 0 saturated heterocycles. The highest BCUT2D eigenvalue weighted by molar-refractivity contribution is 5.91. The van der Waals surface area contributed by atoms with E-state index in [0.717, 1.165) is 44.6 Å². The molecule has 0 N–H and O–H groups in total. The van der Waals surface area contributed by atoms with Gasteiger partial charge in [-0.1, -0.05) is 72.8 Å². The minimum atomic E-state index is 0.782. The molecule has 4 aromatic heterocycles. The summed E-state index contributed by atoms with van der Waals surface area (Å²) in [6, 6.07) is 43.0. The Bertz CT molecular complexity index is 2180. The van der Waals surface area contributed by atoms with Gasteiger partial charge >= 0.3 is 0 Å². The van der Waals surface area contributed by atoms with Gasteiger partial charge in [-0.2, -0.15) is 0 Å². The van der Waals surface area contributed by atoms with Crippen molar-refractivity contribution in [3.05, 3.63) is 145 Å². The van der Waals surface area contributed by atoms with E-state index in [-0.39, 0.29) is 0 Å². The van der Waals surface area contributed by atoms with Crippen LogP contribution in [0.25, 0.3) is 77.6 Å². The van der Waals surface area contributed by atoms with Gasteiger partial charge < -0.3 is 0 Å². The third-order valence-electron chi connectivity index (χ3n) is 8.45. The second-order valence-electron chi connectivity index (χ2n) is 11.3. The molecule has 0 spiro atoms. The van der Waals surface area contributed by atoms with Crippen molar-refractivity contribution >= 4 is 32.8 Å². The molecule has 4 aromatic carbocycles. The van der Waals surface area contributed by atoms with Crippen LogP contribution in [0.1, 0.15) is 11.1 Å². The largest absolute Gasteiger partial charge is 0.237 e. The van der Waals surface area contributed by atoms with Crippen molar-refractivity contribution in [1.29, 1.82) is 0 Å². The lowest BCUT2D eigenvalue weighted by atomic mass is 9.96. The van der Waals surface area contributed by atoms with Gasteiger partial charge in [-0.05, 0) is 107 Å². The summed E-state index contributed by atoms with van der Waals surface area (Å²) in [6.45, 7) is 4.23. The summed E-state index contributed by atoms with van der Waals surface area (Å²) in [5.74, 6) is 0. The summed E-state index contributed by atoms with van der Waals surface area (Å²) in [4.78, 5) is 18.6. The molecule has 44 heavy (non-hydrogen) atoms. The number of aryl methyl sites for hydroxylation is 2. The quantitative estimate of drug-likeness (QED) is 0.213. The van der Waals surface area contributed by atoms with Crippen LogP contribution >= 0.6 is 0 Å². The molecule has 4 heteroatoms. The molecule has 208 valence electrons. The standard InChI is InChI=1S/C40H28N4/c1-25-21-37(43-39-35(25)5-3-19-41-39)30-13-7-27(8-14-30)32-17-11-29-12-18-33(24-34(29)23-32)28-9-15-31(16-10-28)38-22-26(2)36-6-4-20-42-40(36)44-38/h3-24H,1-2H3. The second kappa shape index (κ2) is 10.5. The lowest BCUT2D eigenvalue weighted by Gasteiger charge is -2.10. The number of pyridine rings is 4. The van der Waals surface area contributed by atoms with Gasteiger partial charge in [-0.15, -0.1) is 0 Å². The number of aromatic nitrogens is 4. The molecule has 0 aliphatic heterocycles. The average molecular weight is 565 g/mol. The number of nitrogens with zero attached hydrogens (tertiary/aromatic N) is 4. The molecule has 4 nitrogen and oxygen atoms in total. The van der Waals surface area contributed by atoms with Gasteiger partial charge in [0.1, 0.15) is 0 Å². The predicted molar refractivity (Wildman–Crippen MR) is 181 cm³/mol. The zero-order valence-electron chi connectivity index (χ0n) is 24.5. The highest BCUT2D eigenvalue weighted by Crippen LogP contribution is 2.32. The summed E-state index contributed by atoms with van der Waals surface area (Å²) < 4.78 is 0. The van der Waals surface area contributed by atoms with Crippen LogP contribution < -0.4 is 0 Å². The first-order valence-electron chi connectivity index (χ1n) is 14.8. The Morgan fingerprint density at radius 1 is 0.386 bits per heavy atom. The molecule has 0 unspecified atom stereocenters. The van der Waals surface area contributed by atoms with Gasteiger partial charge in [0.2, 0.25) is 0 Å². The summed E-state index contributed by atoms with van der Waals surface area (Å²) >= 11 is 0. The Balaban J connectivity index is 1.08. The number of rotatable bonds is 4. The summed E-state index contributed by atoms with van der Waals surface area (Å²) in [5, 5.41) is 4.61. The molecule has 0 aliphatic rings. The fourth-order valence-corrected chi connectivity index (χ4v) is 6.01.